The molecule has 0 radical (unpaired) electrons. The largest absolute Gasteiger partial charge is 0.459 e. The van der Waals surface area contributed by atoms with Gasteiger partial charge in [0.1, 0.15) is 12.7 Å². The van der Waals surface area contributed by atoms with E-state index in [-0.39, 0.29) is 11.1 Å². The molecular formula is C24H21FN2O7. The molecule has 9 nitrogen and oxygen atoms in total. The van der Waals surface area contributed by atoms with Crippen molar-refractivity contribution < 1.29 is 28.2 Å². The number of nitrogens with one attached hydrogen (secondary N) is 1. The highest BCUT2D eigenvalue weighted by atomic mass is 19.1. The summed E-state index contributed by atoms with van der Waals surface area (Å²) in [5.41, 5.74) is -3.54. The van der Waals surface area contributed by atoms with Crippen molar-refractivity contribution in [1.82, 2.24) is 9.55 Å². The van der Waals surface area contributed by atoms with Crippen LogP contribution >= 0.6 is 0 Å². The van der Waals surface area contributed by atoms with Crippen LogP contribution < -0.4 is 11.2 Å². The zero-order chi connectivity index (χ0) is 24.3. The molecule has 10 heteroatoms. The number of nitrogens with zero attached hydrogens (tertiary/aromatic N) is 1. The zero-order valence-corrected chi connectivity index (χ0v) is 18.1. The van der Waals surface area contributed by atoms with Gasteiger partial charge in [0.15, 0.2) is 18.0 Å². The number of halogens is 1. The fourth-order valence-electron chi connectivity index (χ4n) is 3.71. The molecule has 2 heterocycles. The van der Waals surface area contributed by atoms with Crippen LogP contribution in [0.2, 0.25) is 0 Å². The number of aromatic amines is 1. The van der Waals surface area contributed by atoms with Crippen LogP contribution in [-0.4, -0.2) is 46.0 Å². The SMILES string of the molecule is C[C@]1(F)C(OC(=O)c2ccccc2)C(COC(=O)c2ccccc2)OC1n1ccc(=O)[nH]c1=O. The van der Waals surface area contributed by atoms with E-state index in [1.165, 1.54) is 12.1 Å². The van der Waals surface area contributed by atoms with E-state index >= 15 is 4.39 Å². The molecule has 176 valence electrons. The predicted octanol–water partition coefficient (Wildman–Crippen LogP) is 2.24. The van der Waals surface area contributed by atoms with Gasteiger partial charge in [-0.2, -0.15) is 0 Å². The summed E-state index contributed by atoms with van der Waals surface area (Å²) >= 11 is 0. The Bertz CT molecular complexity index is 1290. The van der Waals surface area contributed by atoms with Crippen molar-refractivity contribution in [2.24, 2.45) is 0 Å². The van der Waals surface area contributed by atoms with E-state index < -0.39 is 53.9 Å². The van der Waals surface area contributed by atoms with E-state index in [2.05, 4.69) is 0 Å². The van der Waals surface area contributed by atoms with Crippen LogP contribution in [0.4, 0.5) is 4.39 Å². The maximum atomic E-state index is 16.1. The summed E-state index contributed by atoms with van der Waals surface area (Å²) in [5.74, 6) is -1.49. The molecule has 4 atom stereocenters. The first-order valence-corrected chi connectivity index (χ1v) is 10.4. The van der Waals surface area contributed by atoms with Crippen molar-refractivity contribution in [3.63, 3.8) is 0 Å². The molecule has 0 saturated carbocycles. The minimum Gasteiger partial charge on any atom is -0.459 e. The number of ether oxygens (including phenoxy) is 3. The van der Waals surface area contributed by atoms with Crippen LogP contribution in [0.3, 0.4) is 0 Å². The lowest BCUT2D eigenvalue weighted by atomic mass is 9.98. The summed E-state index contributed by atoms with van der Waals surface area (Å²) in [6, 6.07) is 17.1. The second-order valence-electron chi connectivity index (χ2n) is 7.85. The molecule has 4 rings (SSSR count). The molecule has 0 bridgehead atoms. The van der Waals surface area contributed by atoms with Crippen molar-refractivity contribution in [1.29, 1.82) is 0 Å². The summed E-state index contributed by atoms with van der Waals surface area (Å²) in [6.45, 7) is 0.658. The van der Waals surface area contributed by atoms with Gasteiger partial charge in [-0.05, 0) is 31.2 Å². The summed E-state index contributed by atoms with van der Waals surface area (Å²) in [6.07, 6.45) is -3.25. The van der Waals surface area contributed by atoms with Crippen LogP contribution in [0.25, 0.3) is 0 Å². The van der Waals surface area contributed by atoms with Gasteiger partial charge in [0.05, 0.1) is 11.1 Å². The van der Waals surface area contributed by atoms with Gasteiger partial charge in [-0.3, -0.25) is 14.3 Å². The third-order valence-electron chi connectivity index (χ3n) is 5.42. The zero-order valence-electron chi connectivity index (χ0n) is 18.1. The second kappa shape index (κ2) is 9.44. The highest BCUT2D eigenvalue weighted by molar-refractivity contribution is 5.90. The van der Waals surface area contributed by atoms with E-state index in [0.29, 0.717) is 0 Å². The molecule has 34 heavy (non-hydrogen) atoms. The summed E-state index contributed by atoms with van der Waals surface area (Å²) in [5, 5.41) is 0. The molecule has 0 spiro atoms. The Kier molecular flexibility index (Phi) is 6.42. The van der Waals surface area contributed by atoms with Crippen LogP contribution in [0, 0.1) is 0 Å². The normalized spacial score (nSPS) is 23.9. The Morgan fingerprint density at radius 2 is 1.59 bits per heavy atom. The lowest BCUT2D eigenvalue weighted by molar-refractivity contribution is -0.0649. The number of hydrogen-bond acceptors (Lipinski definition) is 7. The first-order valence-electron chi connectivity index (χ1n) is 10.4. The monoisotopic (exact) mass is 468 g/mol. The molecule has 3 aromatic rings. The molecular weight excluding hydrogens is 447 g/mol. The van der Waals surface area contributed by atoms with Crippen molar-refractivity contribution >= 4 is 11.9 Å². The lowest BCUT2D eigenvalue weighted by Gasteiger charge is -2.27. The van der Waals surface area contributed by atoms with Gasteiger partial charge < -0.3 is 14.2 Å². The highest BCUT2D eigenvalue weighted by Gasteiger charge is 2.58. The van der Waals surface area contributed by atoms with E-state index in [0.717, 1.165) is 23.8 Å². The third kappa shape index (κ3) is 4.67. The Balaban J connectivity index is 1.62. The Morgan fingerprint density at radius 3 is 2.18 bits per heavy atom. The van der Waals surface area contributed by atoms with Crippen LogP contribution in [0.15, 0.2) is 82.5 Å². The van der Waals surface area contributed by atoms with Crippen molar-refractivity contribution in [3.05, 3.63) is 105 Å². The average molecular weight is 468 g/mol. The number of carbonyl (C=O) groups is 2. The molecule has 0 aliphatic carbocycles. The quantitative estimate of drug-likeness (QED) is 0.552. The second-order valence-corrected chi connectivity index (χ2v) is 7.85. The van der Waals surface area contributed by atoms with Crippen LogP contribution in [0.5, 0.6) is 0 Å². The number of benzene rings is 2. The molecule has 1 aromatic heterocycles. The number of esters is 2. The topological polar surface area (TPSA) is 117 Å². The number of carbonyl (C=O) groups excluding carboxylic acids is 2. The lowest BCUT2D eigenvalue weighted by Crippen LogP contribution is -2.46. The van der Waals surface area contributed by atoms with Crippen molar-refractivity contribution in [2.45, 2.75) is 31.0 Å². The number of alkyl halides is 1. The average Bonchev–Trinajstić information content (AvgIpc) is 3.08. The smallest absolute Gasteiger partial charge is 0.338 e. The molecule has 1 fully saturated rings. The van der Waals surface area contributed by atoms with Crippen molar-refractivity contribution in [3.8, 4) is 0 Å². The maximum Gasteiger partial charge on any atom is 0.338 e. The van der Waals surface area contributed by atoms with Gasteiger partial charge in [0.2, 0.25) is 0 Å². The van der Waals surface area contributed by atoms with Gasteiger partial charge in [-0.25, -0.2) is 18.8 Å². The van der Waals surface area contributed by atoms with Crippen LogP contribution in [0.1, 0.15) is 33.9 Å². The molecule has 1 aliphatic heterocycles. The summed E-state index contributed by atoms with van der Waals surface area (Å²) in [7, 11) is 0. The van der Waals surface area contributed by atoms with E-state index in [4.69, 9.17) is 14.2 Å². The Hall–Kier alpha value is -4.05. The fraction of sp³-hybridized carbons (Fsp3) is 0.250. The fourth-order valence-corrected chi connectivity index (χ4v) is 3.71. The highest BCUT2D eigenvalue weighted by Crippen LogP contribution is 2.42. The molecule has 1 saturated heterocycles. The first-order chi connectivity index (χ1) is 16.3. The number of H-pyrrole nitrogens is 1. The summed E-state index contributed by atoms with van der Waals surface area (Å²) < 4.78 is 33.4. The van der Waals surface area contributed by atoms with Gasteiger partial charge >= 0.3 is 17.6 Å². The van der Waals surface area contributed by atoms with Gasteiger partial charge in [-0.1, -0.05) is 36.4 Å². The predicted molar refractivity (Wildman–Crippen MR) is 117 cm³/mol. The Labute approximate surface area is 192 Å². The number of rotatable bonds is 6. The van der Waals surface area contributed by atoms with Gasteiger partial charge in [0, 0.05) is 12.3 Å². The van der Waals surface area contributed by atoms with Crippen LogP contribution in [-0.2, 0) is 14.2 Å². The van der Waals surface area contributed by atoms with Gasteiger partial charge in [0.25, 0.3) is 5.56 Å². The third-order valence-corrected chi connectivity index (χ3v) is 5.42. The molecule has 1 N–H and O–H groups in total. The first kappa shape index (κ1) is 23.1. The number of aromatic nitrogens is 2. The molecule has 3 unspecified atom stereocenters. The number of hydrogen-bond donors (Lipinski definition) is 1. The minimum absolute atomic E-state index is 0.183. The van der Waals surface area contributed by atoms with E-state index in [1.54, 1.807) is 48.5 Å². The molecule has 0 amide bonds. The summed E-state index contributed by atoms with van der Waals surface area (Å²) in [4.78, 5) is 50.8. The molecule has 2 aromatic carbocycles. The minimum atomic E-state index is -2.42. The van der Waals surface area contributed by atoms with E-state index in [9.17, 15) is 19.2 Å². The van der Waals surface area contributed by atoms with E-state index in [1.807, 2.05) is 4.98 Å². The van der Waals surface area contributed by atoms with Crippen molar-refractivity contribution in [2.75, 3.05) is 6.61 Å². The van der Waals surface area contributed by atoms with Gasteiger partial charge in [-0.15, -0.1) is 0 Å². The maximum absolute atomic E-state index is 16.1. The molecule has 1 aliphatic rings. The Morgan fingerprint density at radius 1 is 1.00 bits per heavy atom. The standard InChI is InChI=1S/C24H21FN2O7/c1-24(25)19(34-21(30)16-10-6-3-7-11-16)17(14-32-20(29)15-8-4-2-5-9-15)33-22(24)27-13-12-18(28)26-23(27)31/h2-13,17,19,22H,14H2,1H3,(H,26,28,31)/t17?,19?,22?,24-/m0/s1.